The summed E-state index contributed by atoms with van der Waals surface area (Å²) in [5.41, 5.74) is 0.136. The Labute approximate surface area is 85.1 Å². The first-order valence-electron chi connectivity index (χ1n) is 5.58. The molecule has 0 bridgehead atoms. The molecule has 2 aliphatic rings. The molecule has 0 amide bonds. The molecule has 2 saturated carbocycles. The van der Waals surface area contributed by atoms with Gasteiger partial charge in [0.25, 0.3) is 0 Å². The highest BCUT2D eigenvalue weighted by atomic mass is 16.1. The van der Waals surface area contributed by atoms with Gasteiger partial charge in [-0.05, 0) is 24.7 Å². The Balaban J connectivity index is 2.24. The van der Waals surface area contributed by atoms with Crippen LogP contribution in [0.25, 0.3) is 0 Å². The van der Waals surface area contributed by atoms with E-state index in [9.17, 15) is 9.59 Å². The van der Waals surface area contributed by atoms with Crippen LogP contribution >= 0.6 is 0 Å². The van der Waals surface area contributed by atoms with E-state index in [4.69, 9.17) is 0 Å². The van der Waals surface area contributed by atoms with E-state index in [-0.39, 0.29) is 23.0 Å². The van der Waals surface area contributed by atoms with Crippen LogP contribution < -0.4 is 0 Å². The molecule has 3 atom stereocenters. The lowest BCUT2D eigenvalue weighted by Crippen LogP contribution is -2.45. The first-order valence-corrected chi connectivity index (χ1v) is 5.58. The van der Waals surface area contributed by atoms with E-state index in [1.54, 1.807) is 0 Å². The molecule has 2 heteroatoms. The van der Waals surface area contributed by atoms with Gasteiger partial charge in [-0.1, -0.05) is 13.8 Å². The van der Waals surface area contributed by atoms with Crippen molar-refractivity contribution in [3.05, 3.63) is 0 Å². The van der Waals surface area contributed by atoms with Crippen LogP contribution in [0.4, 0.5) is 0 Å². The molecule has 0 spiro atoms. The van der Waals surface area contributed by atoms with Gasteiger partial charge in [0.2, 0.25) is 0 Å². The number of ketones is 2. The van der Waals surface area contributed by atoms with Gasteiger partial charge in [-0.2, -0.15) is 0 Å². The molecule has 14 heavy (non-hydrogen) atoms. The van der Waals surface area contributed by atoms with Gasteiger partial charge in [0.15, 0.2) is 0 Å². The first-order chi connectivity index (χ1) is 6.53. The molecule has 78 valence electrons. The minimum Gasteiger partial charge on any atom is -0.300 e. The number of hydrogen-bond acceptors (Lipinski definition) is 2. The van der Waals surface area contributed by atoms with Crippen LogP contribution in [0.5, 0.6) is 0 Å². The van der Waals surface area contributed by atoms with E-state index in [0.29, 0.717) is 18.6 Å². The Hall–Kier alpha value is -0.660. The normalized spacial score (nSPS) is 43.6. The van der Waals surface area contributed by atoms with Crippen molar-refractivity contribution in [1.29, 1.82) is 0 Å². The van der Waals surface area contributed by atoms with Crippen LogP contribution in [0.15, 0.2) is 0 Å². The number of fused-ring (bicyclic) bond motifs is 1. The summed E-state index contributed by atoms with van der Waals surface area (Å²) in [6, 6.07) is 0. The second kappa shape index (κ2) is 3.18. The molecule has 0 aromatic carbocycles. The Morgan fingerprint density at radius 2 is 2.00 bits per heavy atom. The fourth-order valence-electron chi connectivity index (χ4n) is 2.95. The van der Waals surface area contributed by atoms with E-state index < -0.39 is 0 Å². The summed E-state index contributed by atoms with van der Waals surface area (Å²) >= 11 is 0. The molecule has 2 fully saturated rings. The SMILES string of the molecule is C[C@H]1CC[C@]2(C)CCC(=O)C[C@H]2C1=O. The van der Waals surface area contributed by atoms with Crippen LogP contribution in [0.2, 0.25) is 0 Å². The van der Waals surface area contributed by atoms with Gasteiger partial charge in [0.05, 0.1) is 0 Å². The molecule has 2 aliphatic carbocycles. The topological polar surface area (TPSA) is 34.1 Å². The summed E-state index contributed by atoms with van der Waals surface area (Å²) < 4.78 is 0. The summed E-state index contributed by atoms with van der Waals surface area (Å²) in [6.45, 7) is 4.19. The average molecular weight is 194 g/mol. The van der Waals surface area contributed by atoms with Crippen molar-refractivity contribution in [3.8, 4) is 0 Å². The van der Waals surface area contributed by atoms with E-state index in [1.807, 2.05) is 6.92 Å². The maximum atomic E-state index is 12.0. The number of carbonyl (C=O) groups is 2. The third kappa shape index (κ3) is 1.41. The highest BCUT2D eigenvalue weighted by Gasteiger charge is 2.47. The maximum Gasteiger partial charge on any atom is 0.139 e. The lowest BCUT2D eigenvalue weighted by molar-refractivity contribution is -0.143. The molecule has 0 heterocycles. The number of Topliss-reactive ketones (excluding diaryl/α,β-unsaturated/α-hetero) is 2. The molecule has 0 N–H and O–H groups in total. The van der Waals surface area contributed by atoms with Gasteiger partial charge < -0.3 is 0 Å². The predicted molar refractivity (Wildman–Crippen MR) is 53.9 cm³/mol. The molecule has 0 radical (unpaired) electrons. The van der Waals surface area contributed by atoms with Crippen LogP contribution in [0, 0.1) is 17.3 Å². The number of rotatable bonds is 0. The zero-order valence-corrected chi connectivity index (χ0v) is 9.01. The van der Waals surface area contributed by atoms with Crippen molar-refractivity contribution in [2.45, 2.75) is 46.0 Å². The molecule has 2 rings (SSSR count). The molecule has 2 nitrogen and oxygen atoms in total. The Kier molecular flexibility index (Phi) is 2.24. The van der Waals surface area contributed by atoms with Gasteiger partial charge in [0, 0.05) is 24.7 Å². The summed E-state index contributed by atoms with van der Waals surface area (Å²) in [5, 5.41) is 0. The van der Waals surface area contributed by atoms with Crippen molar-refractivity contribution < 1.29 is 9.59 Å². The van der Waals surface area contributed by atoms with Crippen LogP contribution in [0.1, 0.15) is 46.0 Å². The molecular weight excluding hydrogens is 176 g/mol. The monoisotopic (exact) mass is 194 g/mol. The second-order valence-electron chi connectivity index (χ2n) is 5.29. The Bertz CT molecular complexity index is 282. The predicted octanol–water partition coefficient (Wildman–Crippen LogP) is 2.36. The quantitative estimate of drug-likeness (QED) is 0.593. The smallest absolute Gasteiger partial charge is 0.139 e. The van der Waals surface area contributed by atoms with Gasteiger partial charge >= 0.3 is 0 Å². The highest BCUT2D eigenvalue weighted by molar-refractivity contribution is 5.91. The Morgan fingerprint density at radius 1 is 1.29 bits per heavy atom. The Morgan fingerprint density at radius 3 is 2.71 bits per heavy atom. The van der Waals surface area contributed by atoms with Crippen molar-refractivity contribution in [1.82, 2.24) is 0 Å². The molecular formula is C12H18O2. The summed E-state index contributed by atoms with van der Waals surface area (Å²) in [6.07, 6.45) is 4.27. The van der Waals surface area contributed by atoms with Crippen molar-refractivity contribution in [3.63, 3.8) is 0 Å². The lowest BCUT2D eigenvalue weighted by Gasteiger charge is -2.45. The summed E-state index contributed by atoms with van der Waals surface area (Å²) in [4.78, 5) is 23.3. The zero-order valence-electron chi connectivity index (χ0n) is 9.01. The van der Waals surface area contributed by atoms with E-state index in [0.717, 1.165) is 19.3 Å². The number of carbonyl (C=O) groups excluding carboxylic acids is 2. The highest BCUT2D eigenvalue weighted by Crippen LogP contribution is 2.48. The van der Waals surface area contributed by atoms with Crippen molar-refractivity contribution in [2.75, 3.05) is 0 Å². The first kappa shape index (κ1) is 9.88. The fourth-order valence-corrected chi connectivity index (χ4v) is 2.95. The largest absolute Gasteiger partial charge is 0.300 e. The van der Waals surface area contributed by atoms with E-state index in [2.05, 4.69) is 6.92 Å². The van der Waals surface area contributed by atoms with Crippen LogP contribution in [-0.4, -0.2) is 11.6 Å². The summed E-state index contributed by atoms with van der Waals surface area (Å²) in [7, 11) is 0. The molecule has 0 unspecified atom stereocenters. The molecule has 0 saturated heterocycles. The van der Waals surface area contributed by atoms with Crippen LogP contribution in [0.3, 0.4) is 0 Å². The molecule has 0 aliphatic heterocycles. The third-order valence-electron chi connectivity index (χ3n) is 4.23. The lowest BCUT2D eigenvalue weighted by atomic mass is 9.58. The van der Waals surface area contributed by atoms with Crippen molar-refractivity contribution >= 4 is 11.6 Å². The third-order valence-corrected chi connectivity index (χ3v) is 4.23. The summed E-state index contributed by atoms with van der Waals surface area (Å²) in [5.74, 6) is 0.841. The molecule has 0 aromatic rings. The number of hydrogen-bond donors (Lipinski definition) is 0. The zero-order chi connectivity index (χ0) is 10.3. The van der Waals surface area contributed by atoms with E-state index >= 15 is 0 Å². The minimum atomic E-state index is 0.0347. The van der Waals surface area contributed by atoms with Gasteiger partial charge in [-0.25, -0.2) is 0 Å². The maximum absolute atomic E-state index is 12.0. The fraction of sp³-hybridized carbons (Fsp3) is 0.833. The second-order valence-corrected chi connectivity index (χ2v) is 5.29. The average Bonchev–Trinajstić information content (AvgIpc) is 2.16. The van der Waals surface area contributed by atoms with E-state index in [1.165, 1.54) is 0 Å². The van der Waals surface area contributed by atoms with Gasteiger partial charge in [-0.3, -0.25) is 9.59 Å². The van der Waals surface area contributed by atoms with Gasteiger partial charge in [-0.15, -0.1) is 0 Å². The van der Waals surface area contributed by atoms with Crippen molar-refractivity contribution in [2.24, 2.45) is 17.3 Å². The minimum absolute atomic E-state index is 0.0347. The van der Waals surface area contributed by atoms with Crippen LogP contribution in [-0.2, 0) is 9.59 Å². The standard InChI is InChI=1S/C12H18O2/c1-8-3-5-12(2)6-4-9(13)7-10(12)11(8)14/h8,10H,3-7H2,1-2H3/t8-,10-,12+/m0/s1. The molecule has 0 aromatic heterocycles. The van der Waals surface area contributed by atoms with Gasteiger partial charge in [0.1, 0.15) is 11.6 Å².